The molecule has 2 bridgehead atoms. The summed E-state index contributed by atoms with van der Waals surface area (Å²) in [4.78, 5) is 12.3. The van der Waals surface area contributed by atoms with Crippen molar-refractivity contribution in [2.24, 2.45) is 17.8 Å². The molecule has 21 heavy (non-hydrogen) atoms. The van der Waals surface area contributed by atoms with Crippen LogP contribution in [-0.2, 0) is 4.79 Å². The van der Waals surface area contributed by atoms with E-state index >= 15 is 0 Å². The average molecular weight is 284 g/mol. The number of fused-ring (bicyclic) bond motifs is 2. The number of carbonyl (C=O) groups is 1. The molecule has 0 spiro atoms. The van der Waals surface area contributed by atoms with Crippen LogP contribution in [0.5, 0.6) is 5.75 Å². The summed E-state index contributed by atoms with van der Waals surface area (Å²) in [5, 5.41) is 12.0. The predicted molar refractivity (Wildman–Crippen MR) is 79.9 cm³/mol. The van der Waals surface area contributed by atoms with Gasteiger partial charge in [-0.1, -0.05) is 12.5 Å². The van der Waals surface area contributed by atoms with Gasteiger partial charge in [-0.25, -0.2) is 0 Å². The Morgan fingerprint density at radius 2 is 2.29 bits per heavy atom. The number of benzene rings is 1. The molecule has 4 nitrogen and oxygen atoms in total. The van der Waals surface area contributed by atoms with Crippen molar-refractivity contribution in [2.75, 3.05) is 12.4 Å². The highest BCUT2D eigenvalue weighted by atomic mass is 16.5. The third kappa shape index (κ3) is 2.73. The smallest absolute Gasteiger partial charge is 0.224 e. The highest BCUT2D eigenvalue weighted by Crippen LogP contribution is 2.49. The van der Waals surface area contributed by atoms with Gasteiger partial charge in [0.25, 0.3) is 0 Å². The van der Waals surface area contributed by atoms with Crippen LogP contribution in [0.3, 0.4) is 0 Å². The number of ether oxygens (including phenoxy) is 1. The molecule has 4 heteroatoms. The Morgan fingerprint density at radius 3 is 2.90 bits per heavy atom. The van der Waals surface area contributed by atoms with E-state index in [2.05, 4.69) is 11.4 Å². The molecule has 2 aliphatic carbocycles. The van der Waals surface area contributed by atoms with Crippen LogP contribution >= 0.6 is 0 Å². The van der Waals surface area contributed by atoms with Crippen LogP contribution in [0.25, 0.3) is 0 Å². The summed E-state index contributed by atoms with van der Waals surface area (Å²) in [7, 11) is 1.54. The minimum Gasteiger partial charge on any atom is -0.495 e. The number of rotatable bonds is 4. The minimum atomic E-state index is -0.00597. The van der Waals surface area contributed by atoms with Crippen LogP contribution in [0.4, 0.5) is 5.69 Å². The Bertz CT molecular complexity index is 591. The van der Waals surface area contributed by atoms with Gasteiger partial charge in [0, 0.05) is 6.42 Å². The number of para-hydroxylation sites is 1. The largest absolute Gasteiger partial charge is 0.495 e. The fourth-order valence-corrected chi connectivity index (χ4v) is 3.98. The molecule has 3 rings (SSSR count). The molecule has 0 heterocycles. The quantitative estimate of drug-likeness (QED) is 0.922. The SMILES string of the molecule is COc1cccc(C#N)c1NC(=O)CC1CC2CCC1C2. The van der Waals surface area contributed by atoms with Gasteiger partial charge in [0.1, 0.15) is 17.5 Å². The molecule has 1 aromatic carbocycles. The van der Waals surface area contributed by atoms with Gasteiger partial charge in [0.05, 0.1) is 12.7 Å². The van der Waals surface area contributed by atoms with Crippen molar-refractivity contribution in [1.29, 1.82) is 5.26 Å². The molecule has 0 saturated heterocycles. The zero-order chi connectivity index (χ0) is 14.8. The Labute approximate surface area is 125 Å². The van der Waals surface area contributed by atoms with E-state index in [4.69, 9.17) is 10.00 Å². The highest BCUT2D eigenvalue weighted by Gasteiger charge is 2.40. The molecule has 1 aromatic rings. The number of amides is 1. The van der Waals surface area contributed by atoms with Gasteiger partial charge in [-0.2, -0.15) is 5.26 Å². The fraction of sp³-hybridized carbons (Fsp3) is 0.529. The van der Waals surface area contributed by atoms with E-state index in [9.17, 15) is 4.79 Å². The number of nitriles is 1. The van der Waals surface area contributed by atoms with E-state index < -0.39 is 0 Å². The molecule has 3 atom stereocenters. The summed E-state index contributed by atoms with van der Waals surface area (Å²) in [6, 6.07) is 7.30. The number of methoxy groups -OCH3 is 1. The molecule has 0 aromatic heterocycles. The third-order valence-corrected chi connectivity index (χ3v) is 4.96. The zero-order valence-corrected chi connectivity index (χ0v) is 12.3. The van der Waals surface area contributed by atoms with E-state index in [1.165, 1.54) is 25.7 Å². The molecular formula is C17H20N2O2. The Hall–Kier alpha value is -2.02. The van der Waals surface area contributed by atoms with Crippen LogP contribution in [0.1, 0.15) is 37.7 Å². The minimum absolute atomic E-state index is 0.00597. The number of carbonyl (C=O) groups excluding carboxylic acids is 1. The first kappa shape index (κ1) is 13.9. The van der Waals surface area contributed by atoms with E-state index in [1.807, 2.05) is 0 Å². The number of hydrogen-bond acceptors (Lipinski definition) is 3. The maximum atomic E-state index is 12.3. The van der Waals surface area contributed by atoms with Gasteiger partial charge in [-0.3, -0.25) is 4.79 Å². The normalized spacial score (nSPS) is 26.4. The first-order valence-electron chi connectivity index (χ1n) is 7.58. The van der Waals surface area contributed by atoms with Crippen molar-refractivity contribution < 1.29 is 9.53 Å². The van der Waals surface area contributed by atoms with Crippen molar-refractivity contribution in [2.45, 2.75) is 32.1 Å². The second-order valence-corrected chi connectivity index (χ2v) is 6.18. The second kappa shape index (κ2) is 5.77. The second-order valence-electron chi connectivity index (χ2n) is 6.18. The van der Waals surface area contributed by atoms with E-state index in [0.29, 0.717) is 29.3 Å². The van der Waals surface area contributed by atoms with Crippen LogP contribution in [-0.4, -0.2) is 13.0 Å². The van der Waals surface area contributed by atoms with Crippen LogP contribution in [0.2, 0.25) is 0 Å². The first-order chi connectivity index (χ1) is 10.2. The van der Waals surface area contributed by atoms with Crippen molar-refractivity contribution in [3.63, 3.8) is 0 Å². The lowest BCUT2D eigenvalue weighted by Gasteiger charge is -2.21. The predicted octanol–water partition coefficient (Wildman–Crippen LogP) is 3.33. The Balaban J connectivity index is 1.69. The Kier molecular flexibility index (Phi) is 3.83. The molecule has 2 fully saturated rings. The summed E-state index contributed by atoms with van der Waals surface area (Å²) in [6.07, 6.45) is 5.67. The van der Waals surface area contributed by atoms with Gasteiger partial charge < -0.3 is 10.1 Å². The van der Waals surface area contributed by atoms with Crippen LogP contribution in [0.15, 0.2) is 18.2 Å². The van der Waals surface area contributed by atoms with Crippen molar-refractivity contribution in [3.8, 4) is 11.8 Å². The highest BCUT2D eigenvalue weighted by molar-refractivity contribution is 5.94. The first-order valence-corrected chi connectivity index (χ1v) is 7.58. The van der Waals surface area contributed by atoms with Gasteiger partial charge in [0.15, 0.2) is 0 Å². The zero-order valence-electron chi connectivity index (χ0n) is 12.3. The number of nitrogens with zero attached hydrogens (tertiary/aromatic N) is 1. The van der Waals surface area contributed by atoms with Crippen molar-refractivity contribution in [3.05, 3.63) is 23.8 Å². The van der Waals surface area contributed by atoms with Crippen molar-refractivity contribution in [1.82, 2.24) is 0 Å². The maximum absolute atomic E-state index is 12.3. The lowest BCUT2D eigenvalue weighted by atomic mass is 9.86. The molecule has 0 aliphatic heterocycles. The molecule has 2 saturated carbocycles. The van der Waals surface area contributed by atoms with E-state index in [-0.39, 0.29) is 5.91 Å². The standard InChI is InChI=1S/C17H20N2O2/c1-21-15-4-2-3-13(10-18)17(15)19-16(20)9-14-8-11-5-6-12(14)7-11/h2-4,11-12,14H,5-9H2,1H3,(H,19,20). The molecule has 3 unspecified atom stereocenters. The fourth-order valence-electron chi connectivity index (χ4n) is 3.98. The Morgan fingerprint density at radius 1 is 1.43 bits per heavy atom. The average Bonchev–Trinajstić information content (AvgIpc) is 3.10. The van der Waals surface area contributed by atoms with Crippen molar-refractivity contribution >= 4 is 11.6 Å². The lowest BCUT2D eigenvalue weighted by molar-refractivity contribution is -0.117. The topological polar surface area (TPSA) is 62.1 Å². The number of nitrogens with one attached hydrogen (secondary N) is 1. The molecular weight excluding hydrogens is 264 g/mol. The summed E-state index contributed by atoms with van der Waals surface area (Å²) >= 11 is 0. The molecule has 2 aliphatic rings. The third-order valence-electron chi connectivity index (χ3n) is 4.96. The molecule has 110 valence electrons. The van der Waals surface area contributed by atoms with E-state index in [0.717, 1.165) is 11.8 Å². The van der Waals surface area contributed by atoms with Gasteiger partial charge in [-0.15, -0.1) is 0 Å². The van der Waals surface area contributed by atoms with Gasteiger partial charge in [0.2, 0.25) is 5.91 Å². The summed E-state index contributed by atoms with van der Waals surface area (Å²) in [5.74, 6) is 2.62. The maximum Gasteiger partial charge on any atom is 0.224 e. The molecule has 0 radical (unpaired) electrons. The van der Waals surface area contributed by atoms with Crippen LogP contribution < -0.4 is 10.1 Å². The van der Waals surface area contributed by atoms with E-state index in [1.54, 1.807) is 25.3 Å². The van der Waals surface area contributed by atoms with Crippen LogP contribution in [0, 0.1) is 29.1 Å². The lowest BCUT2D eigenvalue weighted by Crippen LogP contribution is -2.21. The number of hydrogen-bond donors (Lipinski definition) is 1. The summed E-state index contributed by atoms with van der Waals surface area (Å²) in [5.41, 5.74) is 0.936. The summed E-state index contributed by atoms with van der Waals surface area (Å²) in [6.45, 7) is 0. The van der Waals surface area contributed by atoms with Gasteiger partial charge in [-0.05, 0) is 49.1 Å². The van der Waals surface area contributed by atoms with Gasteiger partial charge >= 0.3 is 0 Å². The monoisotopic (exact) mass is 284 g/mol. The number of anilines is 1. The molecule has 1 N–H and O–H groups in total. The summed E-state index contributed by atoms with van der Waals surface area (Å²) < 4.78 is 5.24. The molecule has 1 amide bonds.